The lowest BCUT2D eigenvalue weighted by atomic mass is 10.2. The molecule has 6 heteroatoms. The lowest BCUT2D eigenvalue weighted by Crippen LogP contribution is -2.25. The summed E-state index contributed by atoms with van der Waals surface area (Å²) in [6.45, 7) is 11.2. The molecule has 1 aliphatic rings. The van der Waals surface area contributed by atoms with E-state index in [1.807, 2.05) is 11.6 Å². The van der Waals surface area contributed by atoms with Crippen LogP contribution < -0.4 is 0 Å². The number of imidazole rings is 1. The van der Waals surface area contributed by atoms with Crippen molar-refractivity contribution in [2.45, 2.75) is 59.7 Å². The fraction of sp³-hybridized carbons (Fsp3) is 0.667. The number of rotatable bonds is 4. The predicted octanol–water partition coefficient (Wildman–Crippen LogP) is 2.28. The Morgan fingerprint density at radius 1 is 1.24 bits per heavy atom. The molecule has 1 atom stereocenters. The van der Waals surface area contributed by atoms with Crippen LogP contribution in [-0.4, -0.2) is 36.4 Å². The Morgan fingerprint density at radius 3 is 2.71 bits per heavy atom. The number of nitrogens with zero attached hydrogens (tertiary/aromatic N) is 5. The number of likely N-dealkylation sites (tertiary alicyclic amines) is 1. The minimum atomic E-state index is 0.386. The summed E-state index contributed by atoms with van der Waals surface area (Å²) in [5.74, 6) is 1.11. The number of aryl methyl sites for hydroxylation is 4. The number of nitrogens with one attached hydrogen (secondary N) is 1. The van der Waals surface area contributed by atoms with Crippen LogP contribution in [0.3, 0.4) is 0 Å². The van der Waals surface area contributed by atoms with Crippen LogP contribution in [0.1, 0.15) is 54.4 Å². The molecular weight excluding hydrogens is 264 g/mol. The van der Waals surface area contributed by atoms with Crippen LogP contribution in [0.5, 0.6) is 0 Å². The molecule has 0 amide bonds. The molecule has 0 aromatic carbocycles. The van der Waals surface area contributed by atoms with Gasteiger partial charge in [0, 0.05) is 18.8 Å². The Labute approximate surface area is 125 Å². The van der Waals surface area contributed by atoms with Crippen molar-refractivity contribution < 1.29 is 0 Å². The van der Waals surface area contributed by atoms with Crippen LogP contribution in [0.25, 0.3) is 0 Å². The van der Waals surface area contributed by atoms with Crippen molar-refractivity contribution >= 4 is 0 Å². The Morgan fingerprint density at radius 2 is 2.05 bits per heavy atom. The van der Waals surface area contributed by atoms with Crippen LogP contribution in [0.15, 0.2) is 0 Å². The van der Waals surface area contributed by atoms with Crippen molar-refractivity contribution in [3.63, 3.8) is 0 Å². The zero-order chi connectivity index (χ0) is 15.0. The van der Waals surface area contributed by atoms with E-state index in [1.165, 1.54) is 24.2 Å². The monoisotopic (exact) mass is 288 g/mol. The molecule has 1 fully saturated rings. The van der Waals surface area contributed by atoms with Gasteiger partial charge in [-0.2, -0.15) is 0 Å². The summed E-state index contributed by atoms with van der Waals surface area (Å²) >= 11 is 0. The van der Waals surface area contributed by atoms with Gasteiger partial charge in [0.15, 0.2) is 0 Å². The van der Waals surface area contributed by atoms with E-state index in [4.69, 9.17) is 4.98 Å². The average molecular weight is 288 g/mol. The molecule has 3 heterocycles. The first-order valence-corrected chi connectivity index (χ1v) is 7.76. The van der Waals surface area contributed by atoms with Gasteiger partial charge in [0.1, 0.15) is 5.82 Å². The molecule has 6 nitrogen and oxygen atoms in total. The molecule has 3 rings (SSSR count). The SMILES string of the molecule is CCn1nnc(C)c1CN1CCCC1c1nc(C)c(C)[nH]1. The zero-order valence-corrected chi connectivity index (χ0v) is 13.3. The molecule has 1 unspecified atom stereocenters. The number of aromatic amines is 1. The van der Waals surface area contributed by atoms with E-state index in [1.54, 1.807) is 0 Å². The lowest BCUT2D eigenvalue weighted by molar-refractivity contribution is 0.233. The molecule has 0 aliphatic carbocycles. The van der Waals surface area contributed by atoms with Crippen LogP contribution in [0, 0.1) is 20.8 Å². The summed E-state index contributed by atoms with van der Waals surface area (Å²) in [6, 6.07) is 0.386. The number of hydrogen-bond donors (Lipinski definition) is 1. The Bertz CT molecular complexity index is 607. The molecule has 0 spiro atoms. The molecule has 1 aliphatic heterocycles. The predicted molar refractivity (Wildman–Crippen MR) is 80.9 cm³/mol. The highest BCUT2D eigenvalue weighted by Gasteiger charge is 2.29. The molecule has 2 aromatic rings. The summed E-state index contributed by atoms with van der Waals surface area (Å²) < 4.78 is 2.00. The summed E-state index contributed by atoms with van der Waals surface area (Å²) in [5.41, 5.74) is 4.54. The molecular formula is C15H24N6. The minimum Gasteiger partial charge on any atom is -0.345 e. The van der Waals surface area contributed by atoms with Gasteiger partial charge in [-0.25, -0.2) is 9.67 Å². The van der Waals surface area contributed by atoms with E-state index in [0.717, 1.165) is 36.8 Å². The van der Waals surface area contributed by atoms with Crippen LogP contribution in [-0.2, 0) is 13.1 Å². The van der Waals surface area contributed by atoms with Gasteiger partial charge in [0.05, 0.1) is 23.1 Å². The highest BCUT2D eigenvalue weighted by Crippen LogP contribution is 2.32. The minimum absolute atomic E-state index is 0.386. The van der Waals surface area contributed by atoms with Crippen LogP contribution >= 0.6 is 0 Å². The quantitative estimate of drug-likeness (QED) is 0.937. The standard InChI is InChI=1S/C15H24N6/c1-5-21-14(12(4)18-19-21)9-20-8-6-7-13(20)15-16-10(2)11(3)17-15/h13H,5-9H2,1-4H3,(H,16,17). The Hall–Kier alpha value is -1.69. The first kappa shape index (κ1) is 14.3. The van der Waals surface area contributed by atoms with Crippen molar-refractivity contribution in [3.05, 3.63) is 28.6 Å². The smallest absolute Gasteiger partial charge is 0.123 e. The molecule has 0 radical (unpaired) electrons. The number of aromatic nitrogens is 5. The van der Waals surface area contributed by atoms with E-state index in [9.17, 15) is 0 Å². The van der Waals surface area contributed by atoms with Crippen molar-refractivity contribution in [1.29, 1.82) is 0 Å². The third kappa shape index (κ3) is 2.60. The first-order chi connectivity index (χ1) is 10.1. The maximum absolute atomic E-state index is 4.70. The normalized spacial score (nSPS) is 19.5. The van der Waals surface area contributed by atoms with E-state index < -0.39 is 0 Å². The summed E-state index contributed by atoms with van der Waals surface area (Å²) in [5, 5.41) is 8.42. The lowest BCUT2D eigenvalue weighted by Gasteiger charge is -2.23. The molecule has 114 valence electrons. The zero-order valence-electron chi connectivity index (χ0n) is 13.3. The van der Waals surface area contributed by atoms with Crippen molar-refractivity contribution in [3.8, 4) is 0 Å². The van der Waals surface area contributed by atoms with Gasteiger partial charge in [-0.05, 0) is 47.1 Å². The third-order valence-corrected chi connectivity index (χ3v) is 4.51. The van der Waals surface area contributed by atoms with Crippen LogP contribution in [0.4, 0.5) is 0 Å². The Kier molecular flexibility index (Phi) is 3.80. The third-order valence-electron chi connectivity index (χ3n) is 4.51. The number of H-pyrrole nitrogens is 1. The summed E-state index contributed by atoms with van der Waals surface area (Å²) in [6.07, 6.45) is 2.38. The number of hydrogen-bond acceptors (Lipinski definition) is 4. The van der Waals surface area contributed by atoms with Crippen molar-refractivity contribution in [2.24, 2.45) is 0 Å². The van der Waals surface area contributed by atoms with Crippen molar-refractivity contribution in [2.75, 3.05) is 6.54 Å². The highest BCUT2D eigenvalue weighted by atomic mass is 15.4. The van der Waals surface area contributed by atoms with Crippen molar-refractivity contribution in [1.82, 2.24) is 29.9 Å². The largest absolute Gasteiger partial charge is 0.345 e. The van der Waals surface area contributed by atoms with Gasteiger partial charge in [0.2, 0.25) is 0 Å². The van der Waals surface area contributed by atoms with Gasteiger partial charge in [-0.1, -0.05) is 5.21 Å². The van der Waals surface area contributed by atoms with E-state index in [2.05, 4.69) is 41.0 Å². The highest BCUT2D eigenvalue weighted by molar-refractivity contribution is 5.15. The second-order valence-corrected chi connectivity index (χ2v) is 5.90. The molecule has 1 saturated heterocycles. The maximum Gasteiger partial charge on any atom is 0.123 e. The van der Waals surface area contributed by atoms with Crippen LogP contribution in [0.2, 0.25) is 0 Å². The second-order valence-electron chi connectivity index (χ2n) is 5.90. The summed E-state index contributed by atoms with van der Waals surface area (Å²) in [4.78, 5) is 10.6. The fourth-order valence-corrected chi connectivity index (χ4v) is 3.12. The molecule has 0 saturated carbocycles. The average Bonchev–Trinajstić information content (AvgIpc) is 3.13. The molecule has 21 heavy (non-hydrogen) atoms. The van der Waals surface area contributed by atoms with Gasteiger partial charge in [-0.15, -0.1) is 5.10 Å². The van der Waals surface area contributed by atoms with Gasteiger partial charge in [0.25, 0.3) is 0 Å². The second kappa shape index (κ2) is 5.60. The maximum atomic E-state index is 4.70. The Balaban J connectivity index is 1.82. The molecule has 1 N–H and O–H groups in total. The van der Waals surface area contributed by atoms with E-state index in [0.29, 0.717) is 6.04 Å². The van der Waals surface area contributed by atoms with E-state index in [-0.39, 0.29) is 0 Å². The topological polar surface area (TPSA) is 62.6 Å². The van der Waals surface area contributed by atoms with E-state index >= 15 is 0 Å². The van der Waals surface area contributed by atoms with Gasteiger partial charge < -0.3 is 4.98 Å². The van der Waals surface area contributed by atoms with Gasteiger partial charge >= 0.3 is 0 Å². The summed E-state index contributed by atoms with van der Waals surface area (Å²) in [7, 11) is 0. The van der Waals surface area contributed by atoms with Gasteiger partial charge in [-0.3, -0.25) is 4.90 Å². The molecule has 2 aromatic heterocycles. The first-order valence-electron chi connectivity index (χ1n) is 7.76. The fourth-order valence-electron chi connectivity index (χ4n) is 3.12. The molecule has 0 bridgehead atoms.